The van der Waals surface area contributed by atoms with Crippen molar-refractivity contribution < 1.29 is 33.8 Å². The van der Waals surface area contributed by atoms with Crippen molar-refractivity contribution in [1.29, 1.82) is 0 Å². The molecule has 1 aromatic carbocycles. The van der Waals surface area contributed by atoms with Gasteiger partial charge in [-0.15, -0.1) is 0 Å². The van der Waals surface area contributed by atoms with Crippen molar-refractivity contribution in [3.05, 3.63) is 29.8 Å². The van der Waals surface area contributed by atoms with Gasteiger partial charge in [-0.1, -0.05) is 38.3 Å². The number of ether oxygens (including phenoxy) is 2. The predicted molar refractivity (Wildman–Crippen MR) is 140 cm³/mol. The number of unbranched alkanes of at least 4 members (excludes halogenated alkanes) is 3. The summed E-state index contributed by atoms with van der Waals surface area (Å²) < 4.78 is 10.2. The van der Waals surface area contributed by atoms with Gasteiger partial charge in [0.1, 0.15) is 23.4 Å². The van der Waals surface area contributed by atoms with Gasteiger partial charge in [0, 0.05) is 13.1 Å². The smallest absolute Gasteiger partial charge is 0.408 e. The Morgan fingerprint density at radius 2 is 1.68 bits per heavy atom. The zero-order chi connectivity index (χ0) is 28.0. The molecule has 0 aliphatic carbocycles. The molecule has 0 bridgehead atoms. The van der Waals surface area contributed by atoms with E-state index in [1.54, 1.807) is 39.8 Å². The zero-order valence-electron chi connectivity index (χ0n) is 23.0. The lowest BCUT2D eigenvalue weighted by Crippen LogP contribution is -2.52. The third kappa shape index (κ3) is 12.0. The number of aromatic hydroxyl groups is 1. The van der Waals surface area contributed by atoms with Gasteiger partial charge < -0.3 is 30.1 Å². The van der Waals surface area contributed by atoms with Gasteiger partial charge in [0.05, 0.1) is 13.0 Å². The molecule has 2 atom stereocenters. The minimum absolute atomic E-state index is 0.0110. The van der Waals surface area contributed by atoms with E-state index in [0.29, 0.717) is 12.0 Å². The molecule has 0 heterocycles. The summed E-state index contributed by atoms with van der Waals surface area (Å²) in [5.74, 6) is -1.36. The largest absolute Gasteiger partial charge is 0.508 e. The number of phenolic OH excluding ortho intramolecular Hbond substituents is 1. The van der Waals surface area contributed by atoms with Gasteiger partial charge >= 0.3 is 12.1 Å². The fourth-order valence-electron chi connectivity index (χ4n) is 3.62. The Bertz CT molecular complexity index is 881. The van der Waals surface area contributed by atoms with Crippen LogP contribution in [0.2, 0.25) is 0 Å². The molecule has 1 rings (SSSR count). The van der Waals surface area contributed by atoms with E-state index in [-0.39, 0.29) is 31.9 Å². The van der Waals surface area contributed by atoms with Gasteiger partial charge in [0.2, 0.25) is 11.8 Å². The second-order valence-corrected chi connectivity index (χ2v) is 9.80. The van der Waals surface area contributed by atoms with E-state index in [9.17, 15) is 24.3 Å². The summed E-state index contributed by atoms with van der Waals surface area (Å²) in [7, 11) is 0. The molecule has 208 valence electrons. The Morgan fingerprint density at radius 1 is 1.03 bits per heavy atom. The molecule has 0 aliphatic rings. The molecule has 2 unspecified atom stereocenters. The van der Waals surface area contributed by atoms with Crippen LogP contribution in [0.3, 0.4) is 0 Å². The van der Waals surface area contributed by atoms with E-state index in [2.05, 4.69) is 17.6 Å². The highest BCUT2D eigenvalue weighted by molar-refractivity contribution is 5.92. The summed E-state index contributed by atoms with van der Waals surface area (Å²) in [6.07, 6.45) is 2.75. The average Bonchev–Trinajstić information content (AvgIpc) is 2.80. The van der Waals surface area contributed by atoms with Crippen molar-refractivity contribution in [3.63, 3.8) is 0 Å². The molecule has 0 saturated heterocycles. The lowest BCUT2D eigenvalue weighted by atomic mass is 10.0. The molecule has 0 saturated carbocycles. The number of carbonyl (C=O) groups excluding carboxylic acids is 4. The Balaban J connectivity index is 3.23. The number of alkyl carbamates (subject to hydrolysis) is 1. The van der Waals surface area contributed by atoms with E-state index < -0.39 is 41.6 Å². The summed E-state index contributed by atoms with van der Waals surface area (Å²) in [5.41, 5.74) is -0.250. The normalized spacial score (nSPS) is 12.7. The van der Waals surface area contributed by atoms with Crippen molar-refractivity contribution in [2.24, 2.45) is 0 Å². The highest BCUT2D eigenvalue weighted by Gasteiger charge is 2.34. The average molecular weight is 522 g/mol. The molecule has 10 heteroatoms. The molecule has 0 radical (unpaired) electrons. The summed E-state index contributed by atoms with van der Waals surface area (Å²) in [6, 6.07) is 4.02. The lowest BCUT2D eigenvalue weighted by molar-refractivity contribution is -0.144. The highest BCUT2D eigenvalue weighted by Crippen LogP contribution is 2.25. The first kappa shape index (κ1) is 31.7. The number of nitrogens with one attached hydrogen (secondary N) is 2. The number of carbonyl (C=O) groups is 4. The third-order valence-corrected chi connectivity index (χ3v) is 5.34. The Labute approximate surface area is 220 Å². The molecule has 3 N–H and O–H groups in total. The summed E-state index contributed by atoms with van der Waals surface area (Å²) in [4.78, 5) is 52.5. The lowest BCUT2D eigenvalue weighted by Gasteiger charge is -2.33. The fraction of sp³-hybridized carbons (Fsp3) is 0.630. The van der Waals surface area contributed by atoms with Crippen LogP contribution in [0.4, 0.5) is 4.79 Å². The quantitative estimate of drug-likeness (QED) is 0.250. The van der Waals surface area contributed by atoms with Crippen molar-refractivity contribution in [2.45, 2.75) is 91.3 Å². The summed E-state index contributed by atoms with van der Waals surface area (Å²) in [6.45, 7) is 11.0. The van der Waals surface area contributed by atoms with E-state index in [1.807, 2.05) is 0 Å². The molecule has 3 amide bonds. The van der Waals surface area contributed by atoms with Crippen molar-refractivity contribution >= 4 is 23.9 Å². The third-order valence-electron chi connectivity index (χ3n) is 5.34. The maximum atomic E-state index is 13.6. The number of esters is 1. The Hall–Kier alpha value is -3.30. The first-order valence-corrected chi connectivity index (χ1v) is 12.9. The number of benzene rings is 1. The number of nitrogens with zero attached hydrogens (tertiary/aromatic N) is 1. The van der Waals surface area contributed by atoms with Crippen LogP contribution < -0.4 is 10.6 Å². The fourth-order valence-corrected chi connectivity index (χ4v) is 3.62. The second-order valence-electron chi connectivity index (χ2n) is 9.80. The first-order chi connectivity index (χ1) is 17.4. The first-order valence-electron chi connectivity index (χ1n) is 12.9. The molecule has 0 spiro atoms. The Kier molecular flexibility index (Phi) is 13.5. The molecule has 0 aromatic heterocycles. The second kappa shape index (κ2) is 15.7. The standard InChI is InChI=1S/C27H43N3O7/c1-7-9-10-11-18-30(25(34)19(3)29-26(35)37-27(4,5)6)23(20-12-14-21(31)15-13-20)24(33)28-17-16-22(32)36-8-2/h12-15,19,23,31H,7-11,16-18H2,1-6H3,(H,28,33)(H,29,35). The van der Waals surface area contributed by atoms with Gasteiger partial charge in [-0.05, 0) is 58.7 Å². The number of hydrogen-bond acceptors (Lipinski definition) is 7. The minimum Gasteiger partial charge on any atom is -0.508 e. The van der Waals surface area contributed by atoms with Crippen molar-refractivity contribution in [1.82, 2.24) is 15.5 Å². The van der Waals surface area contributed by atoms with E-state index in [4.69, 9.17) is 9.47 Å². The molecule has 10 nitrogen and oxygen atoms in total. The van der Waals surface area contributed by atoms with Crippen LogP contribution in [0.1, 0.15) is 85.3 Å². The van der Waals surface area contributed by atoms with Gasteiger partial charge in [0.15, 0.2) is 0 Å². The molecular formula is C27H43N3O7. The monoisotopic (exact) mass is 521 g/mol. The van der Waals surface area contributed by atoms with Crippen molar-refractivity contribution in [2.75, 3.05) is 19.7 Å². The van der Waals surface area contributed by atoms with E-state index in [1.165, 1.54) is 24.0 Å². The van der Waals surface area contributed by atoms with Gasteiger partial charge in [-0.2, -0.15) is 0 Å². The van der Waals surface area contributed by atoms with Crippen molar-refractivity contribution in [3.8, 4) is 5.75 Å². The summed E-state index contributed by atoms with van der Waals surface area (Å²) >= 11 is 0. The van der Waals surface area contributed by atoms with Crippen LogP contribution >= 0.6 is 0 Å². The van der Waals surface area contributed by atoms with Gasteiger partial charge in [-0.25, -0.2) is 4.79 Å². The maximum Gasteiger partial charge on any atom is 0.408 e. The molecule has 37 heavy (non-hydrogen) atoms. The Morgan fingerprint density at radius 3 is 2.24 bits per heavy atom. The topological polar surface area (TPSA) is 134 Å². The number of phenols is 1. The van der Waals surface area contributed by atoms with Crippen LogP contribution in [0.15, 0.2) is 24.3 Å². The van der Waals surface area contributed by atoms with Gasteiger partial charge in [0.25, 0.3) is 0 Å². The van der Waals surface area contributed by atoms with Crippen LogP contribution in [-0.2, 0) is 23.9 Å². The zero-order valence-corrected chi connectivity index (χ0v) is 23.0. The van der Waals surface area contributed by atoms with Crippen LogP contribution in [0, 0.1) is 0 Å². The summed E-state index contributed by atoms with van der Waals surface area (Å²) in [5, 5.41) is 15.0. The van der Waals surface area contributed by atoms with Crippen LogP contribution in [0.5, 0.6) is 5.75 Å². The molecular weight excluding hydrogens is 478 g/mol. The molecule has 0 aliphatic heterocycles. The number of amides is 3. The van der Waals surface area contributed by atoms with Crippen LogP contribution in [0.25, 0.3) is 0 Å². The molecule has 0 fully saturated rings. The minimum atomic E-state index is -1.04. The molecule has 1 aromatic rings. The SMILES string of the molecule is CCCCCCN(C(=O)C(C)NC(=O)OC(C)(C)C)C(C(=O)NCCC(=O)OCC)c1ccc(O)cc1. The van der Waals surface area contributed by atoms with E-state index in [0.717, 1.165) is 19.3 Å². The predicted octanol–water partition coefficient (Wildman–Crippen LogP) is 3.82. The van der Waals surface area contributed by atoms with E-state index >= 15 is 0 Å². The van der Waals surface area contributed by atoms with Gasteiger partial charge in [-0.3, -0.25) is 14.4 Å². The van der Waals surface area contributed by atoms with Crippen LogP contribution in [-0.4, -0.2) is 65.2 Å². The maximum absolute atomic E-state index is 13.6. The highest BCUT2D eigenvalue weighted by atomic mass is 16.6. The number of rotatable bonds is 14. The number of hydrogen-bond donors (Lipinski definition) is 3.